The molecule has 100 valence electrons. The molecule has 0 saturated carbocycles. The highest BCUT2D eigenvalue weighted by Crippen LogP contribution is 2.10. The first-order valence-corrected chi connectivity index (χ1v) is 6.65. The molecule has 1 rings (SSSR count). The van der Waals surface area contributed by atoms with Gasteiger partial charge < -0.3 is 5.21 Å². The summed E-state index contributed by atoms with van der Waals surface area (Å²) >= 11 is 0. The molecule has 0 spiro atoms. The summed E-state index contributed by atoms with van der Waals surface area (Å²) in [4.78, 5) is 2.25. The lowest BCUT2D eigenvalue weighted by Gasteiger charge is -2.17. The van der Waals surface area contributed by atoms with Gasteiger partial charge in [-0.3, -0.25) is 4.90 Å². The van der Waals surface area contributed by atoms with Crippen molar-refractivity contribution in [2.45, 2.75) is 27.7 Å². The van der Waals surface area contributed by atoms with Crippen LogP contribution >= 0.6 is 0 Å². The minimum atomic E-state index is 0.523. The van der Waals surface area contributed by atoms with Crippen molar-refractivity contribution in [2.24, 2.45) is 0 Å². The molecule has 18 heavy (non-hydrogen) atoms. The van der Waals surface area contributed by atoms with Crippen LogP contribution in [-0.2, 0) is 0 Å². The molecular formula is C15H24N2O. The third-order valence-electron chi connectivity index (χ3n) is 3.35. The van der Waals surface area contributed by atoms with E-state index in [0.717, 1.165) is 41.1 Å². The Hall–Kier alpha value is -1.35. The Balaban J connectivity index is 2.71. The zero-order valence-electron chi connectivity index (χ0n) is 11.9. The molecule has 0 N–H and O–H groups in total. The van der Waals surface area contributed by atoms with Crippen LogP contribution in [0.4, 0.5) is 0 Å². The number of benzene rings is 1. The lowest BCUT2D eigenvalue weighted by atomic mass is 10.0. The molecule has 1 aromatic rings. The van der Waals surface area contributed by atoms with E-state index in [9.17, 15) is 5.21 Å². The van der Waals surface area contributed by atoms with Gasteiger partial charge >= 0.3 is 0 Å². The number of nitrogens with zero attached hydrogens (tertiary/aromatic N) is 2. The fourth-order valence-electron chi connectivity index (χ4n) is 2.02. The summed E-state index contributed by atoms with van der Waals surface area (Å²) in [6, 6.07) is 6.10. The molecule has 0 aliphatic rings. The minimum absolute atomic E-state index is 0.523. The van der Waals surface area contributed by atoms with Crippen molar-refractivity contribution in [3.05, 3.63) is 40.1 Å². The van der Waals surface area contributed by atoms with Crippen LogP contribution in [0.1, 0.15) is 30.5 Å². The fraction of sp³-hybridized carbons (Fsp3) is 0.533. The zero-order valence-corrected chi connectivity index (χ0v) is 11.9. The Bertz CT molecular complexity index is 389. The molecule has 0 amide bonds. The van der Waals surface area contributed by atoms with E-state index in [1.807, 2.05) is 32.0 Å². The van der Waals surface area contributed by atoms with Crippen LogP contribution in [0.5, 0.6) is 0 Å². The minimum Gasteiger partial charge on any atom is -0.624 e. The van der Waals surface area contributed by atoms with Crippen LogP contribution < -0.4 is 0 Å². The van der Waals surface area contributed by atoms with E-state index in [0.29, 0.717) is 6.54 Å². The third-order valence-corrected chi connectivity index (χ3v) is 3.35. The first kappa shape index (κ1) is 14.7. The smallest absolute Gasteiger partial charge is 0.182 e. The monoisotopic (exact) mass is 248 g/mol. The molecule has 1 aromatic carbocycles. The highest BCUT2D eigenvalue weighted by Gasteiger charge is 2.05. The molecule has 0 aliphatic heterocycles. The van der Waals surface area contributed by atoms with Crippen LogP contribution in [0, 0.1) is 19.1 Å². The summed E-state index contributed by atoms with van der Waals surface area (Å²) in [5.74, 6) is 0. The van der Waals surface area contributed by atoms with Crippen molar-refractivity contribution in [3.8, 4) is 0 Å². The van der Waals surface area contributed by atoms with E-state index in [2.05, 4.69) is 18.7 Å². The van der Waals surface area contributed by atoms with Crippen LogP contribution in [0.2, 0.25) is 0 Å². The summed E-state index contributed by atoms with van der Waals surface area (Å²) in [6.45, 7) is 11.6. The average Bonchev–Trinajstić information content (AvgIpc) is 2.35. The number of aryl methyl sites for hydroxylation is 2. The first-order chi connectivity index (χ1) is 8.58. The molecule has 0 unspecified atom stereocenters. The second kappa shape index (κ2) is 7.17. The van der Waals surface area contributed by atoms with Gasteiger partial charge in [0, 0.05) is 5.56 Å². The van der Waals surface area contributed by atoms with Crippen molar-refractivity contribution in [1.82, 2.24) is 4.90 Å². The van der Waals surface area contributed by atoms with E-state index in [-0.39, 0.29) is 0 Å². The number of rotatable bonds is 6. The third kappa shape index (κ3) is 4.15. The standard InChI is InChI=1S/C15H24N2O/c1-5-16(6-2)10-11-17(18)12-15-13(3)8-7-9-14(15)4/h7-9,12H,5-6,10-11H2,1-4H3. The van der Waals surface area contributed by atoms with Gasteiger partial charge in [0.05, 0.1) is 6.54 Å². The van der Waals surface area contributed by atoms with Crippen molar-refractivity contribution in [3.63, 3.8) is 0 Å². The molecule has 3 nitrogen and oxygen atoms in total. The lowest BCUT2D eigenvalue weighted by Crippen LogP contribution is -2.29. The van der Waals surface area contributed by atoms with Gasteiger partial charge in [0.15, 0.2) is 12.8 Å². The number of hydrogen-bond acceptors (Lipinski definition) is 2. The molecule has 0 aromatic heterocycles. The van der Waals surface area contributed by atoms with Gasteiger partial charge in [-0.2, -0.15) is 0 Å². The van der Waals surface area contributed by atoms with E-state index in [1.165, 1.54) is 0 Å². The van der Waals surface area contributed by atoms with Crippen molar-refractivity contribution in [1.29, 1.82) is 0 Å². The Morgan fingerprint density at radius 1 is 1.17 bits per heavy atom. The van der Waals surface area contributed by atoms with Crippen LogP contribution in [0.25, 0.3) is 0 Å². The Kier molecular flexibility index (Phi) is 5.86. The van der Waals surface area contributed by atoms with Gasteiger partial charge in [-0.25, -0.2) is 4.74 Å². The summed E-state index contributed by atoms with van der Waals surface area (Å²) in [6.07, 6.45) is 1.72. The molecule has 0 aliphatic carbocycles. The Morgan fingerprint density at radius 2 is 1.72 bits per heavy atom. The zero-order chi connectivity index (χ0) is 13.5. The lowest BCUT2D eigenvalue weighted by molar-refractivity contribution is -0.452. The fourth-order valence-corrected chi connectivity index (χ4v) is 2.02. The summed E-state index contributed by atoms with van der Waals surface area (Å²) in [5, 5.41) is 11.9. The topological polar surface area (TPSA) is 29.3 Å². The van der Waals surface area contributed by atoms with Gasteiger partial charge in [0.25, 0.3) is 0 Å². The summed E-state index contributed by atoms with van der Waals surface area (Å²) in [7, 11) is 0. The van der Waals surface area contributed by atoms with Crippen LogP contribution in [-0.4, -0.2) is 42.0 Å². The molecule has 0 atom stereocenters. The molecule has 0 bridgehead atoms. The van der Waals surface area contributed by atoms with E-state index in [4.69, 9.17) is 0 Å². The predicted molar refractivity (Wildman–Crippen MR) is 77.4 cm³/mol. The summed E-state index contributed by atoms with van der Waals surface area (Å²) < 4.78 is 1.05. The SMILES string of the molecule is CCN(CC)CC[N+]([O-])=Cc1c(C)cccc1C. The molecule has 3 heteroatoms. The largest absolute Gasteiger partial charge is 0.624 e. The maximum Gasteiger partial charge on any atom is 0.182 e. The molecule has 0 fully saturated rings. The van der Waals surface area contributed by atoms with Gasteiger partial charge in [-0.15, -0.1) is 0 Å². The first-order valence-electron chi connectivity index (χ1n) is 6.65. The predicted octanol–water partition coefficient (Wildman–Crippen LogP) is 2.57. The molecule has 0 radical (unpaired) electrons. The van der Waals surface area contributed by atoms with Gasteiger partial charge in [-0.05, 0) is 38.1 Å². The molecule has 0 heterocycles. The molecule has 0 saturated heterocycles. The van der Waals surface area contributed by atoms with Gasteiger partial charge in [-0.1, -0.05) is 32.0 Å². The van der Waals surface area contributed by atoms with E-state index >= 15 is 0 Å². The highest BCUT2D eigenvalue weighted by atomic mass is 16.5. The Morgan fingerprint density at radius 3 is 2.22 bits per heavy atom. The summed E-state index contributed by atoms with van der Waals surface area (Å²) in [5.41, 5.74) is 3.35. The number of likely N-dealkylation sites (N-methyl/N-ethyl adjacent to an activating group) is 1. The normalized spacial score (nSPS) is 12.2. The maximum atomic E-state index is 11.9. The maximum absolute atomic E-state index is 11.9. The van der Waals surface area contributed by atoms with E-state index < -0.39 is 0 Å². The van der Waals surface area contributed by atoms with E-state index in [1.54, 1.807) is 6.21 Å². The molecular weight excluding hydrogens is 224 g/mol. The van der Waals surface area contributed by atoms with Crippen LogP contribution in [0.15, 0.2) is 18.2 Å². The number of hydrogen-bond donors (Lipinski definition) is 0. The highest BCUT2D eigenvalue weighted by molar-refractivity contribution is 5.80. The average molecular weight is 248 g/mol. The van der Waals surface area contributed by atoms with Crippen molar-refractivity contribution < 1.29 is 4.74 Å². The van der Waals surface area contributed by atoms with Gasteiger partial charge in [0.2, 0.25) is 0 Å². The van der Waals surface area contributed by atoms with Crippen LogP contribution in [0.3, 0.4) is 0 Å². The number of hydroxylamine groups is 1. The van der Waals surface area contributed by atoms with Gasteiger partial charge in [0.1, 0.15) is 0 Å². The van der Waals surface area contributed by atoms with Crippen molar-refractivity contribution >= 4 is 6.21 Å². The second-order valence-electron chi connectivity index (χ2n) is 4.60. The second-order valence-corrected chi connectivity index (χ2v) is 4.60. The van der Waals surface area contributed by atoms with Crippen molar-refractivity contribution in [2.75, 3.05) is 26.2 Å². The Labute approximate surface area is 110 Å². The quantitative estimate of drug-likeness (QED) is 0.335.